The molecule has 2 N–H and O–H groups in total. The van der Waals surface area contributed by atoms with Gasteiger partial charge in [0.2, 0.25) is 0 Å². The topological polar surface area (TPSA) is 127 Å². The second-order valence-corrected chi connectivity index (χ2v) is 9.36. The Morgan fingerprint density at radius 2 is 1.86 bits per heavy atom. The lowest BCUT2D eigenvalue weighted by molar-refractivity contribution is -0.223. The average molecular weight is 507 g/mol. The van der Waals surface area contributed by atoms with Crippen LogP contribution in [-0.4, -0.2) is 71.2 Å². The van der Waals surface area contributed by atoms with Gasteiger partial charge in [0.05, 0.1) is 19.2 Å². The van der Waals surface area contributed by atoms with Crippen molar-refractivity contribution in [3.05, 3.63) is 41.5 Å². The molecule has 1 saturated heterocycles. The molecular weight excluding hydrogens is 475 g/mol. The van der Waals surface area contributed by atoms with Crippen molar-refractivity contribution >= 4 is 29.7 Å². The van der Waals surface area contributed by atoms with Gasteiger partial charge in [0.1, 0.15) is 11.6 Å². The van der Waals surface area contributed by atoms with E-state index in [1.54, 1.807) is 58.0 Å². The normalized spacial score (nSPS) is 19.9. The van der Waals surface area contributed by atoms with Gasteiger partial charge in [-0.2, -0.15) is 5.06 Å². The smallest absolute Gasteiger partial charge is 0.407 e. The summed E-state index contributed by atoms with van der Waals surface area (Å²) >= 11 is 0. The minimum atomic E-state index is -2.46. The molecule has 3 rings (SSSR count). The Kier molecular flexibility index (Phi) is 8.18. The van der Waals surface area contributed by atoms with Crippen LogP contribution >= 0.6 is 0 Å². The summed E-state index contributed by atoms with van der Waals surface area (Å²) in [6, 6.07) is 4.50. The SMILES string of the molecule is CCOC(=O)[C@@H](F)ON1C(=O)N2C[C@H]1C=C(C)[C@H]2C(=O)Nc1ccc(CNC(=O)OC(C)(C)C)cc1. The van der Waals surface area contributed by atoms with Crippen molar-refractivity contribution in [1.82, 2.24) is 15.3 Å². The van der Waals surface area contributed by atoms with E-state index in [0.717, 1.165) is 10.6 Å². The lowest BCUT2D eigenvalue weighted by Crippen LogP contribution is -2.47. The highest BCUT2D eigenvalue weighted by Crippen LogP contribution is 2.31. The molecule has 0 aromatic heterocycles. The van der Waals surface area contributed by atoms with Gasteiger partial charge < -0.3 is 25.0 Å². The number of carbonyl (C=O) groups is 4. The maximum absolute atomic E-state index is 14.1. The summed E-state index contributed by atoms with van der Waals surface area (Å²) in [6.07, 6.45) is -1.36. The quantitative estimate of drug-likeness (QED) is 0.410. The summed E-state index contributed by atoms with van der Waals surface area (Å²) in [6.45, 7) is 8.83. The van der Waals surface area contributed by atoms with E-state index in [4.69, 9.17) is 9.57 Å². The van der Waals surface area contributed by atoms with Crippen LogP contribution < -0.4 is 10.6 Å². The van der Waals surface area contributed by atoms with Gasteiger partial charge in [0.15, 0.2) is 0 Å². The summed E-state index contributed by atoms with van der Waals surface area (Å²) in [7, 11) is 0. The first-order chi connectivity index (χ1) is 16.9. The number of nitrogens with one attached hydrogen (secondary N) is 2. The minimum Gasteiger partial charge on any atom is -0.462 e. The zero-order valence-electron chi connectivity index (χ0n) is 20.9. The van der Waals surface area contributed by atoms with Crippen molar-refractivity contribution in [2.24, 2.45) is 0 Å². The number of hydrogen-bond acceptors (Lipinski definition) is 7. The molecule has 36 heavy (non-hydrogen) atoms. The number of amides is 4. The summed E-state index contributed by atoms with van der Waals surface area (Å²) in [5, 5.41) is 6.18. The molecule has 1 aromatic rings. The maximum atomic E-state index is 14.1. The number of anilines is 1. The van der Waals surface area contributed by atoms with Gasteiger partial charge in [-0.15, -0.1) is 0 Å². The molecule has 0 spiro atoms. The molecule has 1 fully saturated rings. The van der Waals surface area contributed by atoms with E-state index in [1.165, 1.54) is 11.8 Å². The Morgan fingerprint density at radius 1 is 1.19 bits per heavy atom. The Morgan fingerprint density at radius 3 is 2.47 bits per heavy atom. The fourth-order valence-electron chi connectivity index (χ4n) is 3.83. The molecule has 12 heteroatoms. The van der Waals surface area contributed by atoms with E-state index < -0.39 is 48.0 Å². The predicted octanol–water partition coefficient (Wildman–Crippen LogP) is 2.87. The molecule has 1 aromatic carbocycles. The fourth-order valence-corrected chi connectivity index (χ4v) is 3.83. The maximum Gasteiger partial charge on any atom is 0.407 e. The molecule has 11 nitrogen and oxygen atoms in total. The second-order valence-electron chi connectivity index (χ2n) is 9.36. The molecule has 0 unspecified atom stereocenters. The third-order valence-electron chi connectivity index (χ3n) is 5.30. The van der Waals surface area contributed by atoms with Crippen molar-refractivity contribution in [1.29, 1.82) is 0 Å². The number of carbonyl (C=O) groups excluding carboxylic acids is 4. The van der Waals surface area contributed by atoms with Crippen molar-refractivity contribution in [2.75, 3.05) is 18.5 Å². The highest BCUT2D eigenvalue weighted by atomic mass is 19.1. The van der Waals surface area contributed by atoms with Gasteiger partial charge in [-0.3, -0.25) is 4.79 Å². The van der Waals surface area contributed by atoms with Gasteiger partial charge >= 0.3 is 24.5 Å². The number of esters is 1. The fraction of sp³-hybridized carbons (Fsp3) is 0.500. The summed E-state index contributed by atoms with van der Waals surface area (Å²) in [5.41, 5.74) is 1.26. The largest absolute Gasteiger partial charge is 0.462 e. The standard InChI is InChI=1S/C24H31FN4O7/c1-6-34-21(31)19(25)36-29-17-11-14(2)18(28(13-17)23(29)33)20(30)27-16-9-7-15(8-10-16)12-26-22(32)35-24(3,4)5/h7-11,17-19H,6,12-13H2,1-5H3,(H,26,32)(H,27,30)/t17-,18+,19+/m1/s1. The molecule has 0 radical (unpaired) electrons. The predicted molar refractivity (Wildman–Crippen MR) is 126 cm³/mol. The Hall–Kier alpha value is -3.67. The third kappa shape index (κ3) is 6.51. The second kappa shape index (κ2) is 10.9. The molecule has 2 bridgehead atoms. The van der Waals surface area contributed by atoms with E-state index >= 15 is 0 Å². The molecule has 3 atom stereocenters. The number of halogens is 1. The molecule has 0 aliphatic carbocycles. The zero-order valence-corrected chi connectivity index (χ0v) is 20.9. The minimum absolute atomic E-state index is 0.0331. The van der Waals surface area contributed by atoms with Crippen LogP contribution in [-0.2, 0) is 30.4 Å². The molecule has 196 valence electrons. The molecule has 4 amide bonds. The highest BCUT2D eigenvalue weighted by Gasteiger charge is 2.48. The van der Waals surface area contributed by atoms with Crippen LogP contribution in [0.3, 0.4) is 0 Å². The lowest BCUT2D eigenvalue weighted by Gasteiger charge is -2.29. The third-order valence-corrected chi connectivity index (χ3v) is 5.30. The van der Waals surface area contributed by atoms with Crippen molar-refractivity contribution in [2.45, 2.75) is 65.2 Å². The number of alkyl halides is 1. The Balaban J connectivity index is 1.59. The van der Waals surface area contributed by atoms with Crippen LogP contribution in [0.2, 0.25) is 0 Å². The van der Waals surface area contributed by atoms with Crippen LogP contribution in [0.25, 0.3) is 0 Å². The van der Waals surface area contributed by atoms with E-state index in [0.29, 0.717) is 11.3 Å². The van der Waals surface area contributed by atoms with E-state index in [9.17, 15) is 23.6 Å². The first-order valence-corrected chi connectivity index (χ1v) is 11.5. The van der Waals surface area contributed by atoms with Gasteiger partial charge in [-0.05, 0) is 57.9 Å². The van der Waals surface area contributed by atoms with Gasteiger partial charge in [-0.1, -0.05) is 18.2 Å². The number of hydrogen-bond donors (Lipinski definition) is 2. The Bertz CT molecular complexity index is 1040. The van der Waals surface area contributed by atoms with Crippen molar-refractivity contribution in [3.8, 4) is 0 Å². The van der Waals surface area contributed by atoms with Crippen LogP contribution in [0.4, 0.5) is 19.7 Å². The number of hydroxylamine groups is 2. The number of urea groups is 1. The molecule has 2 heterocycles. The first-order valence-electron chi connectivity index (χ1n) is 11.5. The summed E-state index contributed by atoms with van der Waals surface area (Å²) in [5.74, 6) is -1.69. The first kappa shape index (κ1) is 26.9. The van der Waals surface area contributed by atoms with Crippen molar-refractivity contribution in [3.63, 3.8) is 0 Å². The van der Waals surface area contributed by atoms with E-state index in [2.05, 4.69) is 15.4 Å². The summed E-state index contributed by atoms with van der Waals surface area (Å²) in [4.78, 5) is 55.4. The zero-order chi connectivity index (χ0) is 26.6. The van der Waals surface area contributed by atoms with Gasteiger partial charge in [0.25, 0.3) is 5.91 Å². The number of ether oxygens (including phenoxy) is 2. The number of alkyl carbamates (subject to hydrolysis) is 1. The number of fused-ring (bicyclic) bond motifs is 2. The van der Waals surface area contributed by atoms with Crippen LogP contribution in [0.5, 0.6) is 0 Å². The number of nitrogens with zero attached hydrogens (tertiary/aromatic N) is 2. The van der Waals surface area contributed by atoms with Gasteiger partial charge in [0, 0.05) is 12.2 Å². The van der Waals surface area contributed by atoms with Crippen molar-refractivity contribution < 1.29 is 37.9 Å². The van der Waals surface area contributed by atoms with Gasteiger partial charge in [-0.25, -0.2) is 23.6 Å². The molecule has 2 aliphatic rings. The van der Waals surface area contributed by atoms with Crippen LogP contribution in [0, 0.1) is 0 Å². The number of rotatable bonds is 8. The lowest BCUT2D eigenvalue weighted by atomic mass is 10.00. The monoisotopic (exact) mass is 506 g/mol. The summed E-state index contributed by atoms with van der Waals surface area (Å²) < 4.78 is 23.8. The molecular formula is C24H31FN4O7. The average Bonchev–Trinajstić information content (AvgIpc) is 3.02. The molecule has 2 aliphatic heterocycles. The van der Waals surface area contributed by atoms with Crippen LogP contribution in [0.15, 0.2) is 35.9 Å². The van der Waals surface area contributed by atoms with Crippen LogP contribution in [0.1, 0.15) is 40.2 Å². The highest BCUT2D eigenvalue weighted by molar-refractivity contribution is 6.00. The number of benzene rings is 1. The van der Waals surface area contributed by atoms with E-state index in [1.807, 2.05) is 0 Å². The Labute approximate surface area is 208 Å². The molecule has 0 saturated carbocycles. The van der Waals surface area contributed by atoms with E-state index in [-0.39, 0.29) is 19.7 Å².